The lowest BCUT2D eigenvalue weighted by Gasteiger charge is -2.05. The molecule has 0 aliphatic heterocycles. The summed E-state index contributed by atoms with van der Waals surface area (Å²) in [7, 11) is 0. The Labute approximate surface area is 103 Å². The highest BCUT2D eigenvalue weighted by atomic mass is 16.5. The van der Waals surface area contributed by atoms with Gasteiger partial charge in [0.25, 0.3) is 0 Å². The molecule has 1 aromatic carbocycles. The number of carbonyl (C=O) groups is 1. The highest BCUT2D eigenvalue weighted by molar-refractivity contribution is 5.69. The largest absolute Gasteiger partial charge is 0.466 e. The van der Waals surface area contributed by atoms with Crippen LogP contribution in [-0.4, -0.2) is 25.7 Å². The van der Waals surface area contributed by atoms with Crippen LogP contribution in [0.15, 0.2) is 30.3 Å². The monoisotopic (exact) mass is 235 g/mol. The third-order valence-electron chi connectivity index (χ3n) is 2.47. The molecule has 0 spiro atoms. The van der Waals surface area contributed by atoms with Crippen molar-refractivity contribution in [1.29, 1.82) is 0 Å². The minimum atomic E-state index is -0.112. The topological polar surface area (TPSA) is 38.3 Å². The molecular weight excluding hydrogens is 214 g/mol. The molecule has 3 heteroatoms. The standard InChI is InChI=1S/C14H21NO2/c1-2-15-11-10-14(16)17-12-6-9-13-7-4-3-5-8-13/h3-5,7-8,15H,2,6,9-12H2,1H3. The summed E-state index contributed by atoms with van der Waals surface area (Å²) in [5.74, 6) is -0.112. The van der Waals surface area contributed by atoms with Crippen LogP contribution in [0.2, 0.25) is 0 Å². The van der Waals surface area contributed by atoms with Crippen molar-refractivity contribution < 1.29 is 9.53 Å². The number of nitrogens with one attached hydrogen (secondary N) is 1. The average molecular weight is 235 g/mol. The number of benzene rings is 1. The van der Waals surface area contributed by atoms with Gasteiger partial charge in [0.1, 0.15) is 0 Å². The van der Waals surface area contributed by atoms with E-state index >= 15 is 0 Å². The van der Waals surface area contributed by atoms with Crippen LogP contribution in [0.5, 0.6) is 0 Å². The van der Waals surface area contributed by atoms with Crippen LogP contribution in [-0.2, 0) is 16.0 Å². The highest BCUT2D eigenvalue weighted by Gasteiger charge is 2.01. The summed E-state index contributed by atoms with van der Waals surface area (Å²) >= 11 is 0. The Morgan fingerprint density at radius 1 is 1.29 bits per heavy atom. The first-order valence-electron chi connectivity index (χ1n) is 6.23. The van der Waals surface area contributed by atoms with Crippen LogP contribution in [0.1, 0.15) is 25.3 Å². The van der Waals surface area contributed by atoms with E-state index in [0.717, 1.165) is 19.4 Å². The van der Waals surface area contributed by atoms with E-state index in [4.69, 9.17) is 4.74 Å². The van der Waals surface area contributed by atoms with Crippen molar-refractivity contribution in [2.24, 2.45) is 0 Å². The van der Waals surface area contributed by atoms with Crippen molar-refractivity contribution in [3.05, 3.63) is 35.9 Å². The minimum absolute atomic E-state index is 0.112. The molecule has 17 heavy (non-hydrogen) atoms. The maximum atomic E-state index is 11.3. The smallest absolute Gasteiger partial charge is 0.307 e. The first-order valence-corrected chi connectivity index (χ1v) is 6.23. The molecular formula is C14H21NO2. The second-order valence-corrected chi connectivity index (χ2v) is 3.91. The zero-order chi connectivity index (χ0) is 12.3. The molecule has 0 unspecified atom stereocenters. The third kappa shape index (κ3) is 6.74. The summed E-state index contributed by atoms with van der Waals surface area (Å²) in [6.45, 7) is 4.13. The van der Waals surface area contributed by atoms with E-state index in [1.807, 2.05) is 25.1 Å². The highest BCUT2D eigenvalue weighted by Crippen LogP contribution is 2.02. The molecule has 0 fully saturated rings. The minimum Gasteiger partial charge on any atom is -0.466 e. The van der Waals surface area contributed by atoms with Crippen LogP contribution in [0, 0.1) is 0 Å². The molecule has 1 rings (SSSR count). The maximum Gasteiger partial charge on any atom is 0.307 e. The van der Waals surface area contributed by atoms with Crippen molar-refractivity contribution in [1.82, 2.24) is 5.32 Å². The summed E-state index contributed by atoms with van der Waals surface area (Å²) in [6, 6.07) is 10.2. The molecule has 3 nitrogen and oxygen atoms in total. The summed E-state index contributed by atoms with van der Waals surface area (Å²) < 4.78 is 5.13. The van der Waals surface area contributed by atoms with E-state index in [1.165, 1.54) is 5.56 Å². The Morgan fingerprint density at radius 3 is 2.76 bits per heavy atom. The second kappa shape index (κ2) is 8.76. The summed E-state index contributed by atoms with van der Waals surface area (Å²) in [5, 5.41) is 3.09. The van der Waals surface area contributed by atoms with Gasteiger partial charge in [0, 0.05) is 6.54 Å². The van der Waals surface area contributed by atoms with Crippen LogP contribution >= 0.6 is 0 Å². The van der Waals surface area contributed by atoms with E-state index in [1.54, 1.807) is 0 Å². The lowest BCUT2D eigenvalue weighted by Crippen LogP contribution is -2.19. The van der Waals surface area contributed by atoms with Crippen molar-refractivity contribution in [3.8, 4) is 0 Å². The van der Waals surface area contributed by atoms with E-state index in [0.29, 0.717) is 19.6 Å². The van der Waals surface area contributed by atoms with Gasteiger partial charge >= 0.3 is 5.97 Å². The van der Waals surface area contributed by atoms with Crippen molar-refractivity contribution in [2.45, 2.75) is 26.2 Å². The van der Waals surface area contributed by atoms with Gasteiger partial charge in [0.05, 0.1) is 13.0 Å². The van der Waals surface area contributed by atoms with E-state index in [9.17, 15) is 4.79 Å². The van der Waals surface area contributed by atoms with Gasteiger partial charge in [-0.1, -0.05) is 37.3 Å². The third-order valence-corrected chi connectivity index (χ3v) is 2.47. The van der Waals surface area contributed by atoms with E-state index in [2.05, 4.69) is 17.4 Å². The van der Waals surface area contributed by atoms with E-state index in [-0.39, 0.29) is 5.97 Å². The predicted molar refractivity (Wildman–Crippen MR) is 68.9 cm³/mol. The van der Waals surface area contributed by atoms with Gasteiger partial charge in [-0.05, 0) is 24.9 Å². The Bertz CT molecular complexity index is 311. The fourth-order valence-electron chi connectivity index (χ4n) is 1.55. The van der Waals surface area contributed by atoms with Crippen LogP contribution in [0.25, 0.3) is 0 Å². The Balaban J connectivity index is 2.02. The van der Waals surface area contributed by atoms with Crippen LogP contribution in [0.3, 0.4) is 0 Å². The van der Waals surface area contributed by atoms with Crippen molar-refractivity contribution in [3.63, 3.8) is 0 Å². The van der Waals surface area contributed by atoms with Crippen molar-refractivity contribution >= 4 is 5.97 Å². The van der Waals surface area contributed by atoms with Crippen LogP contribution < -0.4 is 5.32 Å². The van der Waals surface area contributed by atoms with Gasteiger partial charge in [-0.3, -0.25) is 4.79 Å². The zero-order valence-corrected chi connectivity index (χ0v) is 10.4. The SMILES string of the molecule is CCNCCC(=O)OCCCc1ccccc1. The molecule has 0 saturated carbocycles. The van der Waals surface area contributed by atoms with Crippen LogP contribution in [0.4, 0.5) is 0 Å². The molecule has 94 valence electrons. The molecule has 0 radical (unpaired) electrons. The molecule has 0 aromatic heterocycles. The first kappa shape index (κ1) is 13.7. The number of carbonyl (C=O) groups excluding carboxylic acids is 1. The predicted octanol–water partition coefficient (Wildman–Crippen LogP) is 2.16. The van der Waals surface area contributed by atoms with Crippen molar-refractivity contribution in [2.75, 3.05) is 19.7 Å². The van der Waals surface area contributed by atoms with Gasteiger partial charge < -0.3 is 10.1 Å². The molecule has 1 aromatic rings. The number of hydrogen-bond donors (Lipinski definition) is 1. The molecule has 0 amide bonds. The zero-order valence-electron chi connectivity index (χ0n) is 10.4. The molecule has 1 N–H and O–H groups in total. The lowest BCUT2D eigenvalue weighted by atomic mass is 10.1. The fraction of sp³-hybridized carbons (Fsp3) is 0.500. The lowest BCUT2D eigenvalue weighted by molar-refractivity contribution is -0.143. The number of rotatable bonds is 8. The Kier molecular flexibility index (Phi) is 7.07. The Morgan fingerprint density at radius 2 is 2.06 bits per heavy atom. The second-order valence-electron chi connectivity index (χ2n) is 3.91. The number of ether oxygens (including phenoxy) is 1. The summed E-state index contributed by atoms with van der Waals surface area (Å²) in [4.78, 5) is 11.3. The van der Waals surface area contributed by atoms with Gasteiger partial charge in [0.2, 0.25) is 0 Å². The molecule has 0 aliphatic rings. The summed E-state index contributed by atoms with van der Waals surface area (Å²) in [6.07, 6.45) is 2.30. The van der Waals surface area contributed by atoms with Gasteiger partial charge in [-0.15, -0.1) is 0 Å². The first-order chi connectivity index (χ1) is 8.33. The normalized spacial score (nSPS) is 10.2. The van der Waals surface area contributed by atoms with Gasteiger partial charge in [-0.2, -0.15) is 0 Å². The molecule has 0 saturated heterocycles. The Hall–Kier alpha value is -1.35. The van der Waals surface area contributed by atoms with Gasteiger partial charge in [-0.25, -0.2) is 0 Å². The molecule has 0 atom stereocenters. The van der Waals surface area contributed by atoms with E-state index < -0.39 is 0 Å². The van der Waals surface area contributed by atoms with Gasteiger partial charge in [0.15, 0.2) is 0 Å². The quantitative estimate of drug-likeness (QED) is 0.554. The number of esters is 1. The summed E-state index contributed by atoms with van der Waals surface area (Å²) in [5.41, 5.74) is 1.29. The molecule has 0 heterocycles. The number of aryl methyl sites for hydroxylation is 1. The molecule has 0 bridgehead atoms. The maximum absolute atomic E-state index is 11.3. The molecule has 0 aliphatic carbocycles. The fourth-order valence-corrected chi connectivity index (χ4v) is 1.55. The average Bonchev–Trinajstić information content (AvgIpc) is 2.36. The number of hydrogen-bond acceptors (Lipinski definition) is 3.